The highest BCUT2D eigenvalue weighted by Gasteiger charge is 2.26. The summed E-state index contributed by atoms with van der Waals surface area (Å²) in [6.45, 7) is 6.43. The third-order valence-corrected chi connectivity index (χ3v) is 3.76. The lowest BCUT2D eigenvalue weighted by Crippen LogP contribution is -2.17. The molecule has 4 heteroatoms. The Kier molecular flexibility index (Phi) is 3.82. The molecule has 1 aliphatic rings. The summed E-state index contributed by atoms with van der Waals surface area (Å²) in [7, 11) is 0. The summed E-state index contributed by atoms with van der Waals surface area (Å²) < 4.78 is 5.29. The van der Waals surface area contributed by atoms with Crippen molar-refractivity contribution in [2.24, 2.45) is 17.6 Å². The van der Waals surface area contributed by atoms with Gasteiger partial charge in [-0.25, -0.2) is 0 Å². The molecule has 1 heterocycles. The van der Waals surface area contributed by atoms with Crippen molar-refractivity contribution in [2.75, 3.05) is 0 Å². The Bertz CT molecular complexity index is 361. The maximum atomic E-state index is 6.01. The van der Waals surface area contributed by atoms with E-state index in [1.807, 2.05) is 0 Å². The maximum Gasteiger partial charge on any atom is 0.243 e. The predicted octanol–water partition coefficient (Wildman–Crippen LogP) is 3.02. The van der Waals surface area contributed by atoms with Gasteiger partial charge in [0, 0.05) is 5.92 Å². The molecular weight excluding hydrogens is 214 g/mol. The minimum absolute atomic E-state index is 0.141. The molecule has 3 unspecified atom stereocenters. The topological polar surface area (TPSA) is 64.9 Å². The van der Waals surface area contributed by atoms with Gasteiger partial charge in [0.2, 0.25) is 5.89 Å². The van der Waals surface area contributed by atoms with Gasteiger partial charge in [-0.3, -0.25) is 0 Å². The van der Waals surface area contributed by atoms with Crippen LogP contribution < -0.4 is 5.73 Å². The maximum absolute atomic E-state index is 6.01. The fraction of sp³-hybridized carbons (Fsp3) is 0.846. The summed E-state index contributed by atoms with van der Waals surface area (Å²) in [5.74, 6) is 3.02. The van der Waals surface area contributed by atoms with Gasteiger partial charge in [0.05, 0.1) is 6.04 Å². The second-order valence-corrected chi connectivity index (χ2v) is 5.73. The molecule has 1 fully saturated rings. The summed E-state index contributed by atoms with van der Waals surface area (Å²) >= 11 is 0. The normalized spacial score (nSPS) is 27.4. The summed E-state index contributed by atoms with van der Waals surface area (Å²) in [6, 6.07) is -0.141. The van der Waals surface area contributed by atoms with Crippen LogP contribution in [0.4, 0.5) is 0 Å². The Morgan fingerprint density at radius 2 is 2.12 bits per heavy atom. The molecule has 1 aliphatic carbocycles. The lowest BCUT2D eigenvalue weighted by Gasteiger charge is -2.23. The smallest absolute Gasteiger partial charge is 0.243 e. The van der Waals surface area contributed by atoms with Crippen LogP contribution in [0.5, 0.6) is 0 Å². The molecule has 0 radical (unpaired) electrons. The largest absolute Gasteiger partial charge is 0.338 e. The first-order valence-corrected chi connectivity index (χ1v) is 6.67. The molecular formula is C13H23N3O. The van der Waals surface area contributed by atoms with Crippen molar-refractivity contribution in [2.45, 2.75) is 58.4 Å². The highest BCUT2D eigenvalue weighted by Crippen LogP contribution is 2.34. The van der Waals surface area contributed by atoms with E-state index in [1.54, 1.807) is 0 Å². The molecule has 17 heavy (non-hydrogen) atoms. The van der Waals surface area contributed by atoms with E-state index >= 15 is 0 Å². The van der Waals surface area contributed by atoms with Gasteiger partial charge in [0.15, 0.2) is 5.82 Å². The van der Waals surface area contributed by atoms with Crippen LogP contribution in [-0.4, -0.2) is 10.1 Å². The predicted molar refractivity (Wildman–Crippen MR) is 66.4 cm³/mol. The van der Waals surface area contributed by atoms with E-state index in [0.717, 1.165) is 11.7 Å². The van der Waals surface area contributed by atoms with Crippen LogP contribution in [0, 0.1) is 11.8 Å². The van der Waals surface area contributed by atoms with Crippen molar-refractivity contribution < 1.29 is 4.52 Å². The number of rotatable bonds is 3. The van der Waals surface area contributed by atoms with Gasteiger partial charge in [-0.1, -0.05) is 38.8 Å². The Balaban J connectivity index is 2.07. The minimum atomic E-state index is -0.141. The van der Waals surface area contributed by atoms with E-state index in [0.29, 0.717) is 17.7 Å². The molecule has 2 rings (SSSR count). The molecule has 2 N–H and O–H groups in total. The lowest BCUT2D eigenvalue weighted by atomic mass is 9.82. The van der Waals surface area contributed by atoms with E-state index in [9.17, 15) is 0 Å². The van der Waals surface area contributed by atoms with E-state index in [1.165, 1.54) is 25.7 Å². The molecule has 0 aliphatic heterocycles. The third kappa shape index (κ3) is 2.86. The van der Waals surface area contributed by atoms with E-state index in [2.05, 4.69) is 30.9 Å². The average Bonchev–Trinajstić information content (AvgIpc) is 2.77. The van der Waals surface area contributed by atoms with Crippen molar-refractivity contribution in [3.8, 4) is 0 Å². The minimum Gasteiger partial charge on any atom is -0.338 e. The molecule has 0 aromatic carbocycles. The van der Waals surface area contributed by atoms with Gasteiger partial charge in [-0.05, 0) is 24.7 Å². The van der Waals surface area contributed by atoms with Gasteiger partial charge in [0.25, 0.3) is 0 Å². The molecule has 1 aromatic rings. The van der Waals surface area contributed by atoms with E-state index in [4.69, 9.17) is 10.3 Å². The molecule has 3 atom stereocenters. The van der Waals surface area contributed by atoms with Crippen molar-refractivity contribution in [1.82, 2.24) is 10.1 Å². The molecule has 0 amide bonds. The van der Waals surface area contributed by atoms with E-state index < -0.39 is 0 Å². The zero-order valence-corrected chi connectivity index (χ0v) is 11.0. The second kappa shape index (κ2) is 5.17. The first-order chi connectivity index (χ1) is 8.08. The molecule has 96 valence electrons. The summed E-state index contributed by atoms with van der Waals surface area (Å²) in [5.41, 5.74) is 6.01. The SMILES string of the molecule is CC1CCCC(c2noc(C(N)C(C)C)n2)C1. The molecule has 0 spiro atoms. The zero-order valence-electron chi connectivity index (χ0n) is 11.0. The standard InChI is InChI=1S/C13H23N3O/c1-8(2)11(14)13-15-12(16-17-13)10-6-4-5-9(3)7-10/h8-11H,4-7,14H2,1-3H3. The molecule has 0 bridgehead atoms. The first kappa shape index (κ1) is 12.6. The monoisotopic (exact) mass is 237 g/mol. The molecule has 0 saturated heterocycles. The lowest BCUT2D eigenvalue weighted by molar-refractivity contribution is 0.306. The van der Waals surface area contributed by atoms with Crippen LogP contribution in [-0.2, 0) is 0 Å². The summed E-state index contributed by atoms with van der Waals surface area (Å²) in [6.07, 6.45) is 4.95. The van der Waals surface area contributed by atoms with Crippen LogP contribution in [0.3, 0.4) is 0 Å². The van der Waals surface area contributed by atoms with Gasteiger partial charge in [0.1, 0.15) is 0 Å². The third-order valence-electron chi connectivity index (χ3n) is 3.76. The second-order valence-electron chi connectivity index (χ2n) is 5.73. The number of nitrogens with two attached hydrogens (primary N) is 1. The Morgan fingerprint density at radius 1 is 1.35 bits per heavy atom. The molecule has 4 nitrogen and oxygen atoms in total. The van der Waals surface area contributed by atoms with Crippen LogP contribution in [0.1, 0.15) is 70.1 Å². The van der Waals surface area contributed by atoms with Gasteiger partial charge < -0.3 is 10.3 Å². The Labute approximate surface area is 103 Å². The number of aromatic nitrogens is 2. The van der Waals surface area contributed by atoms with Crippen LogP contribution in [0.2, 0.25) is 0 Å². The quantitative estimate of drug-likeness (QED) is 0.877. The summed E-state index contributed by atoms with van der Waals surface area (Å²) in [4.78, 5) is 4.49. The Morgan fingerprint density at radius 3 is 2.76 bits per heavy atom. The van der Waals surface area contributed by atoms with Crippen LogP contribution in [0.15, 0.2) is 4.52 Å². The highest BCUT2D eigenvalue weighted by molar-refractivity contribution is 5.00. The van der Waals surface area contributed by atoms with Gasteiger partial charge >= 0.3 is 0 Å². The Hall–Kier alpha value is -0.900. The van der Waals surface area contributed by atoms with Gasteiger partial charge in [-0.15, -0.1) is 0 Å². The summed E-state index contributed by atoms with van der Waals surface area (Å²) in [5, 5.41) is 4.11. The molecule has 1 saturated carbocycles. The first-order valence-electron chi connectivity index (χ1n) is 6.67. The molecule has 1 aromatic heterocycles. The van der Waals surface area contributed by atoms with Crippen molar-refractivity contribution >= 4 is 0 Å². The van der Waals surface area contributed by atoms with Crippen LogP contribution >= 0.6 is 0 Å². The zero-order chi connectivity index (χ0) is 12.4. The number of hydrogen-bond acceptors (Lipinski definition) is 4. The highest BCUT2D eigenvalue weighted by atomic mass is 16.5. The van der Waals surface area contributed by atoms with E-state index in [-0.39, 0.29) is 6.04 Å². The fourth-order valence-corrected chi connectivity index (χ4v) is 2.50. The van der Waals surface area contributed by atoms with Crippen molar-refractivity contribution in [3.05, 3.63) is 11.7 Å². The van der Waals surface area contributed by atoms with Crippen molar-refractivity contribution in [1.29, 1.82) is 0 Å². The van der Waals surface area contributed by atoms with Crippen LogP contribution in [0.25, 0.3) is 0 Å². The average molecular weight is 237 g/mol. The van der Waals surface area contributed by atoms with Gasteiger partial charge in [-0.2, -0.15) is 4.98 Å². The number of hydrogen-bond donors (Lipinski definition) is 1. The van der Waals surface area contributed by atoms with Crippen molar-refractivity contribution in [3.63, 3.8) is 0 Å². The number of nitrogens with zero attached hydrogens (tertiary/aromatic N) is 2. The fourth-order valence-electron chi connectivity index (χ4n) is 2.50.